The lowest BCUT2D eigenvalue weighted by Gasteiger charge is -2.27. The van der Waals surface area contributed by atoms with Crippen molar-refractivity contribution in [2.24, 2.45) is 5.73 Å². The molecule has 0 saturated heterocycles. The summed E-state index contributed by atoms with van der Waals surface area (Å²) < 4.78 is 12.5. The minimum Gasteiger partial charge on any atom is -0.491 e. The molecule has 0 radical (unpaired) electrons. The number of nitrogens with zero attached hydrogens (tertiary/aromatic N) is 2. The molecule has 178 valence electrons. The molecule has 36 heavy (non-hydrogen) atoms. The maximum absolute atomic E-state index is 13.5. The smallest absolute Gasteiger partial charge is 0.256 e. The number of thiophene rings is 1. The first kappa shape index (κ1) is 23.0. The van der Waals surface area contributed by atoms with Crippen LogP contribution in [-0.2, 0) is 0 Å². The number of anilines is 2. The van der Waals surface area contributed by atoms with Gasteiger partial charge in [0.1, 0.15) is 34.0 Å². The summed E-state index contributed by atoms with van der Waals surface area (Å²) in [4.78, 5) is 16.4. The molecule has 9 heteroatoms. The average Bonchev–Trinajstić information content (AvgIpc) is 3.20. The summed E-state index contributed by atoms with van der Waals surface area (Å²) in [5, 5.41) is 23.7. The SMILES string of the molecule is CC(C)Oc1ccccc1C1C(C#N)=C(N)Oc2c1c(=O)[nH]c1c(C#N)c(Nc3ccccc3)sc21. The van der Waals surface area contributed by atoms with Crippen LogP contribution in [0.1, 0.15) is 36.5 Å². The van der Waals surface area contributed by atoms with Crippen molar-refractivity contribution in [1.82, 2.24) is 4.98 Å². The van der Waals surface area contributed by atoms with E-state index in [1.807, 2.05) is 62.4 Å². The van der Waals surface area contributed by atoms with Gasteiger partial charge in [-0.3, -0.25) is 4.79 Å². The number of pyridine rings is 1. The highest BCUT2D eigenvalue weighted by molar-refractivity contribution is 7.23. The van der Waals surface area contributed by atoms with Crippen molar-refractivity contribution in [2.75, 3.05) is 5.32 Å². The molecule has 4 aromatic rings. The largest absolute Gasteiger partial charge is 0.491 e. The molecule has 0 aliphatic carbocycles. The molecule has 1 aliphatic heterocycles. The predicted molar refractivity (Wildman–Crippen MR) is 138 cm³/mol. The second-order valence-corrected chi connectivity index (χ2v) is 9.46. The van der Waals surface area contributed by atoms with Crippen molar-refractivity contribution in [2.45, 2.75) is 25.9 Å². The molecule has 1 atom stereocenters. The normalized spacial score (nSPS) is 14.6. The standard InChI is InChI=1S/C27H21N5O3S/c1-14(2)34-19-11-7-6-10-16(19)20-17(12-28)25(30)35-23-21(20)26(33)32-22-18(13-29)27(36-24(22)23)31-15-8-4-3-5-9-15/h3-11,14,20,31H,30H2,1-2H3,(H,32,33). The van der Waals surface area contributed by atoms with E-state index in [0.29, 0.717) is 26.5 Å². The van der Waals surface area contributed by atoms with Crippen molar-refractivity contribution < 1.29 is 9.47 Å². The van der Waals surface area contributed by atoms with Crippen molar-refractivity contribution in [3.63, 3.8) is 0 Å². The van der Waals surface area contributed by atoms with Crippen LogP contribution in [0.2, 0.25) is 0 Å². The van der Waals surface area contributed by atoms with Gasteiger partial charge < -0.3 is 25.5 Å². The molecular formula is C27H21N5O3S. The van der Waals surface area contributed by atoms with Gasteiger partial charge in [-0.2, -0.15) is 10.5 Å². The van der Waals surface area contributed by atoms with Gasteiger partial charge in [0.2, 0.25) is 5.88 Å². The lowest BCUT2D eigenvalue weighted by Crippen LogP contribution is -2.28. The number of aromatic nitrogens is 1. The van der Waals surface area contributed by atoms with Gasteiger partial charge in [0.05, 0.1) is 27.8 Å². The summed E-state index contributed by atoms with van der Waals surface area (Å²) in [5.41, 5.74) is 8.18. The summed E-state index contributed by atoms with van der Waals surface area (Å²) in [6.07, 6.45) is -0.125. The topological polar surface area (TPSA) is 137 Å². The van der Waals surface area contributed by atoms with Gasteiger partial charge in [0, 0.05) is 11.3 Å². The van der Waals surface area contributed by atoms with Crippen LogP contribution in [0.15, 0.2) is 70.8 Å². The Balaban J connectivity index is 1.76. The minimum atomic E-state index is -0.806. The lowest BCUT2D eigenvalue weighted by molar-refractivity contribution is 0.239. The third-order valence-corrected chi connectivity index (χ3v) is 6.86. The van der Waals surface area contributed by atoms with E-state index in [1.165, 1.54) is 11.3 Å². The molecule has 0 amide bonds. The van der Waals surface area contributed by atoms with Crippen molar-refractivity contribution in [1.29, 1.82) is 10.5 Å². The van der Waals surface area contributed by atoms with Gasteiger partial charge in [-0.25, -0.2) is 0 Å². The van der Waals surface area contributed by atoms with Gasteiger partial charge in [-0.1, -0.05) is 36.4 Å². The number of nitrogens with two attached hydrogens (primary N) is 1. The number of hydrogen-bond donors (Lipinski definition) is 3. The molecule has 0 spiro atoms. The van der Waals surface area contributed by atoms with E-state index in [4.69, 9.17) is 15.2 Å². The number of ether oxygens (including phenoxy) is 2. The number of hydrogen-bond acceptors (Lipinski definition) is 8. The molecule has 5 rings (SSSR count). The number of fused-ring (bicyclic) bond motifs is 3. The van der Waals surface area contributed by atoms with E-state index < -0.39 is 11.5 Å². The fourth-order valence-corrected chi connectivity index (χ4v) is 5.41. The highest BCUT2D eigenvalue weighted by Gasteiger charge is 2.37. The monoisotopic (exact) mass is 495 g/mol. The highest BCUT2D eigenvalue weighted by Crippen LogP contribution is 2.49. The number of aromatic amines is 1. The maximum Gasteiger partial charge on any atom is 0.256 e. The zero-order valence-corrected chi connectivity index (χ0v) is 20.3. The molecule has 2 aromatic heterocycles. The number of nitriles is 2. The van der Waals surface area contributed by atoms with Crippen molar-refractivity contribution in [3.8, 4) is 23.6 Å². The first-order valence-electron chi connectivity index (χ1n) is 11.2. The molecule has 0 saturated carbocycles. The van der Waals surface area contributed by atoms with Gasteiger partial charge in [-0.15, -0.1) is 11.3 Å². The third-order valence-electron chi connectivity index (χ3n) is 5.75. The lowest BCUT2D eigenvalue weighted by atomic mass is 9.83. The Bertz CT molecular complexity index is 1660. The number of benzene rings is 2. The quantitative estimate of drug-likeness (QED) is 0.346. The summed E-state index contributed by atoms with van der Waals surface area (Å²) in [7, 11) is 0. The second-order valence-electron chi connectivity index (χ2n) is 8.44. The van der Waals surface area contributed by atoms with Crippen LogP contribution in [0.5, 0.6) is 11.5 Å². The molecule has 8 nitrogen and oxygen atoms in total. The van der Waals surface area contributed by atoms with E-state index in [0.717, 1.165) is 5.69 Å². The van der Waals surface area contributed by atoms with Gasteiger partial charge in [0.25, 0.3) is 5.56 Å². The van der Waals surface area contributed by atoms with Crippen LogP contribution in [0, 0.1) is 22.7 Å². The first-order valence-corrected chi connectivity index (χ1v) is 12.0. The van der Waals surface area contributed by atoms with Crippen LogP contribution in [0.25, 0.3) is 10.2 Å². The fraction of sp³-hybridized carbons (Fsp3) is 0.148. The highest BCUT2D eigenvalue weighted by atomic mass is 32.1. The Labute approximate surface area is 210 Å². The maximum atomic E-state index is 13.5. The van der Waals surface area contributed by atoms with Gasteiger partial charge >= 0.3 is 0 Å². The van der Waals surface area contributed by atoms with Gasteiger partial charge in [0.15, 0.2) is 5.75 Å². The molecule has 4 N–H and O–H groups in total. The summed E-state index contributed by atoms with van der Waals surface area (Å²) in [5.74, 6) is -0.122. The predicted octanol–water partition coefficient (Wildman–Crippen LogP) is 5.21. The molecule has 0 bridgehead atoms. The summed E-state index contributed by atoms with van der Waals surface area (Å²) in [6, 6.07) is 21.0. The van der Waals surface area contributed by atoms with E-state index >= 15 is 0 Å². The fourth-order valence-electron chi connectivity index (χ4n) is 4.29. The molecule has 2 aromatic carbocycles. The van der Waals surface area contributed by atoms with E-state index in [9.17, 15) is 15.3 Å². The number of nitrogens with one attached hydrogen (secondary N) is 2. The Kier molecular flexibility index (Phi) is 5.85. The molecule has 0 fully saturated rings. The molecule has 1 aliphatic rings. The van der Waals surface area contributed by atoms with Crippen LogP contribution in [0.4, 0.5) is 10.7 Å². The van der Waals surface area contributed by atoms with E-state index in [-0.39, 0.29) is 34.4 Å². The number of allylic oxidation sites excluding steroid dienone is 1. The Morgan fingerprint density at radius 1 is 1.11 bits per heavy atom. The summed E-state index contributed by atoms with van der Waals surface area (Å²) >= 11 is 1.27. The van der Waals surface area contributed by atoms with Crippen molar-refractivity contribution in [3.05, 3.63) is 93.1 Å². The van der Waals surface area contributed by atoms with E-state index in [1.54, 1.807) is 6.07 Å². The minimum absolute atomic E-state index is 0.0919. The van der Waals surface area contributed by atoms with Crippen LogP contribution in [0.3, 0.4) is 0 Å². The van der Waals surface area contributed by atoms with E-state index in [2.05, 4.69) is 22.4 Å². The Morgan fingerprint density at radius 3 is 2.53 bits per heavy atom. The summed E-state index contributed by atoms with van der Waals surface area (Å²) in [6.45, 7) is 3.80. The third kappa shape index (κ3) is 3.82. The zero-order valence-electron chi connectivity index (χ0n) is 19.5. The van der Waals surface area contributed by atoms with Gasteiger partial charge in [-0.05, 0) is 32.0 Å². The number of para-hydroxylation sites is 2. The van der Waals surface area contributed by atoms with Crippen LogP contribution >= 0.6 is 11.3 Å². The Hall–Kier alpha value is -4.73. The van der Waals surface area contributed by atoms with Crippen LogP contribution < -0.4 is 26.1 Å². The second kappa shape index (κ2) is 9.14. The van der Waals surface area contributed by atoms with Crippen LogP contribution in [-0.4, -0.2) is 11.1 Å². The molecule has 3 heterocycles. The molecular weight excluding hydrogens is 474 g/mol. The Morgan fingerprint density at radius 2 is 1.83 bits per heavy atom. The van der Waals surface area contributed by atoms with Crippen molar-refractivity contribution >= 4 is 32.2 Å². The number of rotatable bonds is 5. The zero-order chi connectivity index (χ0) is 25.4. The average molecular weight is 496 g/mol. The molecule has 1 unspecified atom stereocenters. The first-order chi connectivity index (χ1) is 17.4. The number of H-pyrrole nitrogens is 1.